The van der Waals surface area contributed by atoms with E-state index in [1.165, 1.54) is 7.11 Å². The molecule has 2 atom stereocenters. The second kappa shape index (κ2) is 6.32. The van der Waals surface area contributed by atoms with Crippen molar-refractivity contribution >= 4 is 18.0 Å². The molecule has 2 fully saturated rings. The van der Waals surface area contributed by atoms with Crippen molar-refractivity contribution in [3.8, 4) is 0 Å². The molecule has 2 aliphatic rings. The van der Waals surface area contributed by atoms with Crippen LogP contribution in [-0.4, -0.2) is 66.2 Å². The van der Waals surface area contributed by atoms with E-state index in [2.05, 4.69) is 0 Å². The number of hydrogen-bond acceptors (Lipinski definition) is 4. The van der Waals surface area contributed by atoms with Crippen LogP contribution < -0.4 is 0 Å². The van der Waals surface area contributed by atoms with E-state index in [0.29, 0.717) is 32.5 Å². The Morgan fingerprint density at radius 3 is 2.19 bits per heavy atom. The van der Waals surface area contributed by atoms with Crippen LogP contribution in [0.25, 0.3) is 0 Å². The van der Waals surface area contributed by atoms with Gasteiger partial charge in [-0.15, -0.1) is 0 Å². The third-order valence-corrected chi connectivity index (χ3v) is 4.50. The quantitative estimate of drug-likeness (QED) is 0.756. The SMILES string of the molecule is COC(=O)C1CCN(C(=O)N2C[C@@H](C)[C@H](C(=O)O)C2)CC1. The minimum atomic E-state index is -0.845. The van der Waals surface area contributed by atoms with Crippen molar-refractivity contribution in [3.05, 3.63) is 0 Å². The van der Waals surface area contributed by atoms with E-state index in [1.54, 1.807) is 9.80 Å². The first-order valence-corrected chi connectivity index (χ1v) is 7.28. The number of esters is 1. The highest BCUT2D eigenvalue weighted by atomic mass is 16.5. The lowest BCUT2D eigenvalue weighted by molar-refractivity contribution is -0.147. The molecule has 2 heterocycles. The van der Waals surface area contributed by atoms with Crippen molar-refractivity contribution < 1.29 is 24.2 Å². The summed E-state index contributed by atoms with van der Waals surface area (Å²) in [6.45, 7) is 3.64. The number of ether oxygens (including phenoxy) is 1. The molecule has 1 N–H and O–H groups in total. The lowest BCUT2D eigenvalue weighted by Gasteiger charge is -2.33. The predicted octanol–water partition coefficient (Wildman–Crippen LogP) is 0.644. The van der Waals surface area contributed by atoms with Crippen molar-refractivity contribution in [3.63, 3.8) is 0 Å². The fourth-order valence-corrected chi connectivity index (χ4v) is 3.12. The molecule has 7 nitrogen and oxygen atoms in total. The van der Waals surface area contributed by atoms with Crippen LogP contribution in [0.3, 0.4) is 0 Å². The van der Waals surface area contributed by atoms with Crippen molar-refractivity contribution in [1.29, 1.82) is 0 Å². The molecular weight excluding hydrogens is 276 g/mol. The Morgan fingerprint density at radius 1 is 1.10 bits per heavy atom. The van der Waals surface area contributed by atoms with Gasteiger partial charge in [0.15, 0.2) is 0 Å². The van der Waals surface area contributed by atoms with Gasteiger partial charge < -0.3 is 19.6 Å². The number of aliphatic carboxylic acids is 1. The number of nitrogens with zero attached hydrogens (tertiary/aromatic N) is 2. The number of carboxylic acid groups (broad SMARTS) is 1. The maximum absolute atomic E-state index is 12.4. The second-order valence-electron chi connectivity index (χ2n) is 5.89. The number of methoxy groups -OCH3 is 1. The van der Waals surface area contributed by atoms with E-state index in [0.717, 1.165) is 0 Å². The largest absolute Gasteiger partial charge is 0.481 e. The predicted molar refractivity (Wildman–Crippen MR) is 73.6 cm³/mol. The Bertz CT molecular complexity index is 431. The fourth-order valence-electron chi connectivity index (χ4n) is 3.12. The number of carboxylic acids is 1. The second-order valence-corrected chi connectivity index (χ2v) is 5.89. The molecular formula is C14H22N2O5. The monoisotopic (exact) mass is 298 g/mol. The molecule has 0 aromatic carbocycles. The van der Waals surface area contributed by atoms with Gasteiger partial charge in [-0.2, -0.15) is 0 Å². The normalized spacial score (nSPS) is 26.8. The maximum atomic E-state index is 12.4. The van der Waals surface area contributed by atoms with Crippen LogP contribution >= 0.6 is 0 Å². The van der Waals surface area contributed by atoms with Crippen LogP contribution in [0.4, 0.5) is 4.79 Å². The van der Waals surface area contributed by atoms with Crippen molar-refractivity contribution in [2.75, 3.05) is 33.3 Å². The number of carbonyl (C=O) groups is 3. The molecule has 21 heavy (non-hydrogen) atoms. The molecule has 118 valence electrons. The molecule has 2 aliphatic heterocycles. The summed E-state index contributed by atoms with van der Waals surface area (Å²) >= 11 is 0. The Labute approximate surface area is 123 Å². The van der Waals surface area contributed by atoms with Crippen LogP contribution in [0.1, 0.15) is 19.8 Å². The zero-order valence-corrected chi connectivity index (χ0v) is 12.4. The van der Waals surface area contributed by atoms with Gasteiger partial charge >= 0.3 is 18.0 Å². The summed E-state index contributed by atoms with van der Waals surface area (Å²) in [5.74, 6) is -1.71. The summed E-state index contributed by atoms with van der Waals surface area (Å²) in [7, 11) is 1.37. The average molecular weight is 298 g/mol. The van der Waals surface area contributed by atoms with E-state index >= 15 is 0 Å². The number of urea groups is 1. The average Bonchev–Trinajstić information content (AvgIpc) is 2.88. The summed E-state index contributed by atoms with van der Waals surface area (Å²) in [6.07, 6.45) is 1.20. The van der Waals surface area contributed by atoms with E-state index in [-0.39, 0.29) is 30.4 Å². The molecule has 2 saturated heterocycles. The van der Waals surface area contributed by atoms with Crippen molar-refractivity contribution in [2.24, 2.45) is 17.8 Å². The minimum Gasteiger partial charge on any atom is -0.481 e. The van der Waals surface area contributed by atoms with E-state index in [9.17, 15) is 14.4 Å². The molecule has 2 amide bonds. The molecule has 2 rings (SSSR count). The first kappa shape index (κ1) is 15.6. The molecule has 0 aliphatic carbocycles. The summed E-state index contributed by atoms with van der Waals surface area (Å²) in [4.78, 5) is 38.3. The minimum absolute atomic E-state index is 0.0286. The van der Waals surface area contributed by atoms with Crippen LogP contribution in [0.15, 0.2) is 0 Å². The van der Waals surface area contributed by atoms with E-state index in [4.69, 9.17) is 9.84 Å². The maximum Gasteiger partial charge on any atom is 0.320 e. The molecule has 0 saturated carbocycles. The number of likely N-dealkylation sites (tertiary alicyclic amines) is 2. The molecule has 0 spiro atoms. The van der Waals surface area contributed by atoms with Gasteiger partial charge in [0.2, 0.25) is 0 Å². The highest BCUT2D eigenvalue weighted by Gasteiger charge is 2.39. The summed E-state index contributed by atoms with van der Waals surface area (Å²) < 4.78 is 4.72. The topological polar surface area (TPSA) is 87.2 Å². The van der Waals surface area contributed by atoms with Crippen LogP contribution in [0.5, 0.6) is 0 Å². The van der Waals surface area contributed by atoms with Gasteiger partial charge in [-0.25, -0.2) is 4.79 Å². The van der Waals surface area contributed by atoms with Gasteiger partial charge in [-0.05, 0) is 18.8 Å². The van der Waals surface area contributed by atoms with E-state index < -0.39 is 11.9 Å². The third kappa shape index (κ3) is 3.28. The molecule has 0 aromatic heterocycles. The smallest absolute Gasteiger partial charge is 0.320 e. The van der Waals surface area contributed by atoms with Gasteiger partial charge in [0.25, 0.3) is 0 Å². The summed E-state index contributed by atoms with van der Waals surface area (Å²) in [5.41, 5.74) is 0. The number of hydrogen-bond donors (Lipinski definition) is 1. The standard InChI is InChI=1S/C14H22N2O5/c1-9-7-16(8-11(9)12(17)18)14(20)15-5-3-10(4-6-15)13(19)21-2/h9-11H,3-8H2,1-2H3,(H,17,18)/t9-,11-/m1/s1. The molecule has 0 bridgehead atoms. The highest BCUT2D eigenvalue weighted by Crippen LogP contribution is 2.26. The zero-order chi connectivity index (χ0) is 15.6. The van der Waals surface area contributed by atoms with Crippen LogP contribution in [0.2, 0.25) is 0 Å². The molecule has 7 heteroatoms. The summed E-state index contributed by atoms with van der Waals surface area (Å²) in [5, 5.41) is 9.11. The molecule has 0 aromatic rings. The van der Waals surface area contributed by atoms with Crippen molar-refractivity contribution in [1.82, 2.24) is 9.80 Å². The Hall–Kier alpha value is -1.79. The number of rotatable bonds is 2. The van der Waals surface area contributed by atoms with Gasteiger partial charge in [-0.1, -0.05) is 6.92 Å². The Balaban J connectivity index is 1.88. The molecule has 0 radical (unpaired) electrons. The highest BCUT2D eigenvalue weighted by molar-refractivity contribution is 5.78. The van der Waals surface area contributed by atoms with Gasteiger partial charge in [0.1, 0.15) is 0 Å². The third-order valence-electron chi connectivity index (χ3n) is 4.50. The Morgan fingerprint density at radius 2 is 1.71 bits per heavy atom. The van der Waals surface area contributed by atoms with Crippen LogP contribution in [0, 0.1) is 17.8 Å². The zero-order valence-electron chi connectivity index (χ0n) is 12.4. The van der Waals surface area contributed by atoms with Crippen molar-refractivity contribution in [2.45, 2.75) is 19.8 Å². The fraction of sp³-hybridized carbons (Fsp3) is 0.786. The van der Waals surface area contributed by atoms with Gasteiger partial charge in [0, 0.05) is 26.2 Å². The lowest BCUT2D eigenvalue weighted by Crippen LogP contribution is -2.47. The van der Waals surface area contributed by atoms with E-state index in [1.807, 2.05) is 6.92 Å². The number of piperidine rings is 1. The van der Waals surface area contributed by atoms with Gasteiger partial charge in [0.05, 0.1) is 18.9 Å². The first-order valence-electron chi connectivity index (χ1n) is 7.28. The summed E-state index contributed by atoms with van der Waals surface area (Å²) in [6, 6.07) is -0.117. The first-order chi connectivity index (χ1) is 9.93. The Kier molecular flexibility index (Phi) is 4.69. The number of carbonyl (C=O) groups excluding carboxylic acids is 2. The van der Waals surface area contributed by atoms with Gasteiger partial charge in [-0.3, -0.25) is 9.59 Å². The lowest BCUT2D eigenvalue weighted by atomic mass is 9.97. The number of amides is 2. The molecule has 0 unspecified atom stereocenters. The van der Waals surface area contributed by atoms with Crippen LogP contribution in [-0.2, 0) is 14.3 Å².